The monoisotopic (exact) mass is 294 g/mol. The minimum Gasteiger partial charge on any atom is -0.467 e. The molecule has 6 heteroatoms. The smallest absolute Gasteiger partial charge is 0.340 e. The number of esters is 1. The van der Waals surface area contributed by atoms with Crippen LogP contribution < -0.4 is 11.1 Å². The first-order valence-electron chi connectivity index (χ1n) is 6.14. The fraction of sp³-hybridized carbons (Fsp3) is 0.214. The van der Waals surface area contributed by atoms with Crippen molar-refractivity contribution in [3.8, 4) is 0 Å². The molecular weight excluding hydrogens is 280 g/mol. The van der Waals surface area contributed by atoms with E-state index in [1.165, 1.54) is 6.07 Å². The van der Waals surface area contributed by atoms with Crippen molar-refractivity contribution in [2.45, 2.75) is 13.5 Å². The summed E-state index contributed by atoms with van der Waals surface area (Å²) in [6, 6.07) is 6.72. The van der Waals surface area contributed by atoms with Gasteiger partial charge in [0.1, 0.15) is 5.76 Å². The number of furan rings is 1. The molecule has 20 heavy (non-hydrogen) atoms. The van der Waals surface area contributed by atoms with Crippen molar-refractivity contribution in [3.05, 3.63) is 46.9 Å². The van der Waals surface area contributed by atoms with Gasteiger partial charge in [-0.2, -0.15) is 0 Å². The SMILES string of the molecule is CCOC(=O)c1cc(N)cc(Cl)c1NCc1ccco1. The first-order valence-corrected chi connectivity index (χ1v) is 6.52. The Morgan fingerprint density at radius 1 is 1.50 bits per heavy atom. The fourth-order valence-electron chi connectivity index (χ4n) is 1.77. The van der Waals surface area contributed by atoms with Gasteiger partial charge in [0, 0.05) is 5.69 Å². The molecule has 106 valence electrons. The maximum atomic E-state index is 11.9. The molecule has 0 spiro atoms. The Morgan fingerprint density at radius 2 is 2.30 bits per heavy atom. The van der Waals surface area contributed by atoms with Crippen molar-refractivity contribution in [2.75, 3.05) is 17.7 Å². The van der Waals surface area contributed by atoms with E-state index in [4.69, 9.17) is 26.5 Å². The summed E-state index contributed by atoms with van der Waals surface area (Å²) in [6.45, 7) is 2.42. The summed E-state index contributed by atoms with van der Waals surface area (Å²) < 4.78 is 10.2. The van der Waals surface area contributed by atoms with E-state index in [2.05, 4.69) is 5.32 Å². The number of carbonyl (C=O) groups is 1. The number of benzene rings is 1. The maximum Gasteiger partial charge on any atom is 0.340 e. The lowest BCUT2D eigenvalue weighted by Gasteiger charge is -2.13. The molecule has 0 atom stereocenters. The first-order chi connectivity index (χ1) is 9.61. The highest BCUT2D eigenvalue weighted by Crippen LogP contribution is 2.30. The molecule has 0 saturated heterocycles. The van der Waals surface area contributed by atoms with Gasteiger partial charge in [0.25, 0.3) is 0 Å². The Balaban J connectivity index is 2.27. The molecule has 0 unspecified atom stereocenters. The van der Waals surface area contributed by atoms with E-state index in [1.54, 1.807) is 25.3 Å². The van der Waals surface area contributed by atoms with Crippen LogP contribution in [0.4, 0.5) is 11.4 Å². The van der Waals surface area contributed by atoms with Gasteiger partial charge in [-0.15, -0.1) is 0 Å². The zero-order valence-corrected chi connectivity index (χ0v) is 11.7. The lowest BCUT2D eigenvalue weighted by molar-refractivity contribution is 0.0527. The predicted octanol–water partition coefficient (Wildman–Crippen LogP) is 3.30. The van der Waals surface area contributed by atoms with Crippen LogP contribution >= 0.6 is 11.6 Å². The molecular formula is C14H15ClN2O3. The number of hydrogen-bond acceptors (Lipinski definition) is 5. The summed E-state index contributed by atoms with van der Waals surface area (Å²) >= 11 is 6.14. The summed E-state index contributed by atoms with van der Waals surface area (Å²) in [5.74, 6) is 0.261. The standard InChI is InChI=1S/C14H15ClN2O3/c1-2-19-14(18)11-6-9(16)7-12(15)13(11)17-8-10-4-3-5-20-10/h3-7,17H,2,8,16H2,1H3. The van der Waals surface area contributed by atoms with Crippen molar-refractivity contribution < 1.29 is 13.9 Å². The average molecular weight is 295 g/mol. The summed E-state index contributed by atoms with van der Waals surface area (Å²) in [7, 11) is 0. The highest BCUT2D eigenvalue weighted by Gasteiger charge is 2.17. The van der Waals surface area contributed by atoms with Crippen LogP contribution in [0.15, 0.2) is 34.9 Å². The topological polar surface area (TPSA) is 77.5 Å². The molecule has 2 aromatic rings. The number of nitrogens with one attached hydrogen (secondary N) is 1. The van der Waals surface area contributed by atoms with Crippen molar-refractivity contribution in [3.63, 3.8) is 0 Å². The highest BCUT2D eigenvalue weighted by molar-refractivity contribution is 6.34. The predicted molar refractivity (Wildman–Crippen MR) is 77.9 cm³/mol. The van der Waals surface area contributed by atoms with Crippen LogP contribution in [0, 0.1) is 0 Å². The van der Waals surface area contributed by atoms with Crippen LogP contribution in [-0.2, 0) is 11.3 Å². The lowest BCUT2D eigenvalue weighted by Crippen LogP contribution is -2.11. The molecule has 1 heterocycles. The molecule has 5 nitrogen and oxygen atoms in total. The zero-order chi connectivity index (χ0) is 14.5. The molecule has 0 amide bonds. The van der Waals surface area contributed by atoms with Gasteiger partial charge in [-0.3, -0.25) is 0 Å². The van der Waals surface area contributed by atoms with E-state index >= 15 is 0 Å². The van der Waals surface area contributed by atoms with Crippen molar-refractivity contribution in [2.24, 2.45) is 0 Å². The second kappa shape index (κ2) is 6.34. The lowest BCUT2D eigenvalue weighted by atomic mass is 10.1. The minimum atomic E-state index is -0.469. The minimum absolute atomic E-state index is 0.281. The van der Waals surface area contributed by atoms with Gasteiger partial charge in [0.05, 0.1) is 35.7 Å². The van der Waals surface area contributed by atoms with Gasteiger partial charge in [-0.25, -0.2) is 4.79 Å². The van der Waals surface area contributed by atoms with Crippen LogP contribution in [0.1, 0.15) is 23.0 Å². The number of nitrogens with two attached hydrogens (primary N) is 1. The van der Waals surface area contributed by atoms with Crippen molar-refractivity contribution >= 4 is 28.9 Å². The number of rotatable bonds is 5. The van der Waals surface area contributed by atoms with Gasteiger partial charge in [-0.1, -0.05) is 11.6 Å². The highest BCUT2D eigenvalue weighted by atomic mass is 35.5. The van der Waals surface area contributed by atoms with Gasteiger partial charge >= 0.3 is 5.97 Å². The fourth-order valence-corrected chi connectivity index (χ4v) is 2.06. The molecule has 0 aliphatic heterocycles. The molecule has 3 N–H and O–H groups in total. The van der Waals surface area contributed by atoms with E-state index in [0.29, 0.717) is 28.5 Å². The number of halogens is 1. The Morgan fingerprint density at radius 3 is 2.95 bits per heavy atom. The number of hydrogen-bond donors (Lipinski definition) is 2. The molecule has 2 rings (SSSR count). The molecule has 0 aliphatic carbocycles. The van der Waals surface area contributed by atoms with Gasteiger partial charge < -0.3 is 20.2 Å². The second-order valence-corrected chi connectivity index (χ2v) is 4.49. The van der Waals surface area contributed by atoms with Gasteiger partial charge in [-0.05, 0) is 31.2 Å². The molecule has 0 radical (unpaired) electrons. The number of ether oxygens (including phenoxy) is 1. The molecule has 0 saturated carbocycles. The van der Waals surface area contributed by atoms with Crippen molar-refractivity contribution in [1.29, 1.82) is 0 Å². The number of carbonyl (C=O) groups excluding carboxylic acids is 1. The first kappa shape index (κ1) is 14.3. The van der Waals surface area contributed by atoms with E-state index in [-0.39, 0.29) is 6.61 Å². The van der Waals surface area contributed by atoms with E-state index in [0.717, 1.165) is 5.76 Å². The summed E-state index contributed by atoms with van der Waals surface area (Å²) in [6.07, 6.45) is 1.58. The van der Waals surface area contributed by atoms with Gasteiger partial charge in [0.2, 0.25) is 0 Å². The molecule has 1 aromatic carbocycles. The molecule has 0 aliphatic rings. The summed E-state index contributed by atoms with van der Waals surface area (Å²) in [5.41, 5.74) is 6.91. The zero-order valence-electron chi connectivity index (χ0n) is 11.0. The van der Waals surface area contributed by atoms with Crippen LogP contribution in [-0.4, -0.2) is 12.6 Å². The Kier molecular flexibility index (Phi) is 4.53. The number of nitrogen functional groups attached to an aromatic ring is 1. The average Bonchev–Trinajstić information content (AvgIpc) is 2.90. The third-order valence-corrected chi connectivity index (χ3v) is 2.93. The van der Waals surface area contributed by atoms with Crippen LogP contribution in [0.3, 0.4) is 0 Å². The molecule has 0 fully saturated rings. The second-order valence-electron chi connectivity index (χ2n) is 4.08. The summed E-state index contributed by atoms with van der Waals surface area (Å²) in [5, 5.41) is 3.43. The van der Waals surface area contributed by atoms with E-state index in [1.807, 2.05) is 6.07 Å². The molecule has 0 bridgehead atoms. The van der Waals surface area contributed by atoms with Crippen LogP contribution in [0.5, 0.6) is 0 Å². The third kappa shape index (κ3) is 3.24. The Labute approximate surface area is 121 Å². The van der Waals surface area contributed by atoms with E-state index in [9.17, 15) is 4.79 Å². The number of anilines is 2. The summed E-state index contributed by atoms with van der Waals surface area (Å²) in [4.78, 5) is 11.9. The molecule has 1 aromatic heterocycles. The Bertz CT molecular complexity index is 597. The van der Waals surface area contributed by atoms with Crippen molar-refractivity contribution in [1.82, 2.24) is 0 Å². The van der Waals surface area contributed by atoms with Gasteiger partial charge in [0.15, 0.2) is 0 Å². The van der Waals surface area contributed by atoms with E-state index < -0.39 is 5.97 Å². The van der Waals surface area contributed by atoms with Crippen LogP contribution in [0.25, 0.3) is 0 Å². The largest absolute Gasteiger partial charge is 0.467 e. The normalized spacial score (nSPS) is 10.3. The quantitative estimate of drug-likeness (QED) is 0.653. The maximum absolute atomic E-state index is 11.9. The third-order valence-electron chi connectivity index (χ3n) is 2.63. The Hall–Kier alpha value is -2.14. The van der Waals surface area contributed by atoms with Crippen LogP contribution in [0.2, 0.25) is 5.02 Å².